The summed E-state index contributed by atoms with van der Waals surface area (Å²) in [7, 11) is 0. The molecule has 3 rings (SSSR count). The van der Waals surface area contributed by atoms with Crippen molar-refractivity contribution in [1.29, 1.82) is 5.26 Å². The van der Waals surface area contributed by atoms with Crippen molar-refractivity contribution in [2.75, 3.05) is 29.5 Å². The summed E-state index contributed by atoms with van der Waals surface area (Å²) in [5.74, 6) is 0.697. The first kappa shape index (κ1) is 22.3. The van der Waals surface area contributed by atoms with E-state index in [1.807, 2.05) is 23.1 Å². The Bertz CT molecular complexity index is 1050. The van der Waals surface area contributed by atoms with Gasteiger partial charge in [0.05, 0.1) is 0 Å². The Balaban J connectivity index is 2.00. The van der Waals surface area contributed by atoms with E-state index >= 15 is 0 Å². The van der Waals surface area contributed by atoms with Crippen LogP contribution in [0.3, 0.4) is 0 Å². The molecule has 2 heterocycles. The Hall–Kier alpha value is -3.34. The topological polar surface area (TPSA) is 91.5 Å². The van der Waals surface area contributed by atoms with E-state index in [0.717, 1.165) is 17.5 Å². The zero-order chi connectivity index (χ0) is 22.8. The first-order valence-corrected chi connectivity index (χ1v) is 10.5. The lowest BCUT2D eigenvalue weighted by molar-refractivity contribution is 0.0536. The molecule has 0 fully saturated rings. The maximum atomic E-state index is 13.3. The van der Waals surface area contributed by atoms with E-state index in [4.69, 9.17) is 4.74 Å². The van der Waals surface area contributed by atoms with Crippen LogP contribution in [-0.4, -0.2) is 41.0 Å². The van der Waals surface area contributed by atoms with Crippen molar-refractivity contribution < 1.29 is 9.53 Å². The van der Waals surface area contributed by atoms with Crippen LogP contribution < -0.4 is 15.5 Å². The molecule has 0 spiro atoms. The van der Waals surface area contributed by atoms with Crippen molar-refractivity contribution in [3.63, 3.8) is 0 Å². The third-order valence-electron chi connectivity index (χ3n) is 5.18. The van der Waals surface area contributed by atoms with E-state index in [0.29, 0.717) is 24.7 Å². The average molecular weight is 424 g/mol. The second kappa shape index (κ2) is 8.80. The third-order valence-corrected chi connectivity index (χ3v) is 5.18. The minimum absolute atomic E-state index is 0.0708. The highest BCUT2D eigenvalue weighted by atomic mass is 16.6. The highest BCUT2D eigenvalue weighted by Gasteiger charge is 2.28. The van der Waals surface area contributed by atoms with Crippen molar-refractivity contribution in [2.45, 2.75) is 53.1 Å². The lowest BCUT2D eigenvalue weighted by Crippen LogP contribution is -2.50. The van der Waals surface area contributed by atoms with E-state index in [1.165, 1.54) is 16.1 Å². The molecule has 0 bridgehead atoms. The summed E-state index contributed by atoms with van der Waals surface area (Å²) in [6.45, 7) is 10.2. The van der Waals surface area contributed by atoms with Crippen molar-refractivity contribution >= 4 is 11.9 Å². The van der Waals surface area contributed by atoms with Gasteiger partial charge in [0.25, 0.3) is 5.56 Å². The molecule has 2 aromatic rings. The molecule has 1 amide bonds. The van der Waals surface area contributed by atoms with Crippen LogP contribution in [0.15, 0.2) is 29.1 Å². The fourth-order valence-electron chi connectivity index (χ4n) is 3.76. The molecule has 0 saturated heterocycles. The number of anilines is 1. The smallest absolute Gasteiger partial charge is 0.429 e. The van der Waals surface area contributed by atoms with Crippen molar-refractivity contribution in [1.82, 2.24) is 9.66 Å². The molecule has 31 heavy (non-hydrogen) atoms. The predicted octanol–water partition coefficient (Wildman–Crippen LogP) is 2.92. The summed E-state index contributed by atoms with van der Waals surface area (Å²) in [5.41, 5.74) is 1.19. The summed E-state index contributed by atoms with van der Waals surface area (Å²) >= 11 is 0. The van der Waals surface area contributed by atoms with E-state index in [2.05, 4.69) is 17.1 Å². The highest BCUT2D eigenvalue weighted by molar-refractivity contribution is 5.79. The van der Waals surface area contributed by atoms with Crippen LogP contribution in [0.25, 0.3) is 0 Å². The normalized spacial score (nSPS) is 13.7. The standard InChI is InChI=1S/C23H29N5O3/c1-6-27(22(30)31-23(3,4)5)28-16(2)25-20(19(15-24)21(28)29)26-13-11-17-9-7-8-10-18(17)12-14-26/h7-10H,6,11-14H2,1-5H3. The SMILES string of the molecule is CCN(C(=O)OC(C)(C)C)n1c(C)nc(N2CCc3ccccc3CC2)c(C#N)c1=O. The van der Waals surface area contributed by atoms with Crippen LogP contribution in [0.4, 0.5) is 10.6 Å². The van der Waals surface area contributed by atoms with Gasteiger partial charge in [-0.25, -0.2) is 14.8 Å². The molecule has 8 nitrogen and oxygen atoms in total. The van der Waals surface area contributed by atoms with E-state index in [1.54, 1.807) is 34.6 Å². The number of hydrogen-bond acceptors (Lipinski definition) is 6. The maximum Gasteiger partial charge on any atom is 0.429 e. The quantitative estimate of drug-likeness (QED) is 0.754. The molecule has 0 unspecified atom stereocenters. The molecule has 8 heteroatoms. The molecular weight excluding hydrogens is 394 g/mol. The van der Waals surface area contributed by atoms with Crippen molar-refractivity contribution in [3.8, 4) is 6.07 Å². The number of aromatic nitrogens is 2. The zero-order valence-electron chi connectivity index (χ0n) is 18.8. The van der Waals surface area contributed by atoms with E-state index in [9.17, 15) is 14.9 Å². The van der Waals surface area contributed by atoms with E-state index < -0.39 is 17.3 Å². The maximum absolute atomic E-state index is 13.3. The number of amides is 1. The van der Waals surface area contributed by atoms with Crippen LogP contribution in [0.1, 0.15) is 50.2 Å². The fraction of sp³-hybridized carbons (Fsp3) is 0.478. The van der Waals surface area contributed by atoms with Crippen LogP contribution in [0, 0.1) is 18.3 Å². The number of carbonyl (C=O) groups excluding carboxylic acids is 1. The molecule has 1 aromatic carbocycles. The van der Waals surface area contributed by atoms with Gasteiger partial charge in [-0.15, -0.1) is 0 Å². The van der Waals surface area contributed by atoms with Gasteiger partial charge >= 0.3 is 6.09 Å². The van der Waals surface area contributed by atoms with Gasteiger partial charge in [0.2, 0.25) is 0 Å². The molecule has 1 aliphatic heterocycles. The summed E-state index contributed by atoms with van der Waals surface area (Å²) in [5, 5.41) is 11.0. The third kappa shape index (κ3) is 4.71. The molecule has 0 N–H and O–H groups in total. The molecule has 164 valence electrons. The highest BCUT2D eigenvalue weighted by Crippen LogP contribution is 2.22. The van der Waals surface area contributed by atoms with Gasteiger partial charge in [0.15, 0.2) is 11.4 Å². The number of ether oxygens (including phenoxy) is 1. The Morgan fingerprint density at radius 1 is 1.23 bits per heavy atom. The molecular formula is C23H29N5O3. The van der Waals surface area contributed by atoms with Gasteiger partial charge in [0.1, 0.15) is 17.5 Å². The number of aryl methyl sites for hydroxylation is 1. The number of rotatable bonds is 3. The lowest BCUT2D eigenvalue weighted by atomic mass is 10.0. The number of benzene rings is 1. The number of fused-ring (bicyclic) bond motifs is 1. The monoisotopic (exact) mass is 423 g/mol. The fourth-order valence-corrected chi connectivity index (χ4v) is 3.76. The molecule has 0 atom stereocenters. The van der Waals surface area contributed by atoms with Gasteiger partial charge in [0, 0.05) is 19.6 Å². The Morgan fingerprint density at radius 2 is 1.81 bits per heavy atom. The second-order valence-electron chi connectivity index (χ2n) is 8.54. The molecule has 1 aliphatic rings. The second-order valence-corrected chi connectivity index (χ2v) is 8.54. The summed E-state index contributed by atoms with van der Waals surface area (Å²) in [4.78, 5) is 32.5. The summed E-state index contributed by atoms with van der Waals surface area (Å²) < 4.78 is 6.58. The van der Waals surface area contributed by atoms with Gasteiger partial charge in [-0.3, -0.25) is 4.79 Å². The molecule has 0 aliphatic carbocycles. The number of nitrogens with zero attached hydrogens (tertiary/aromatic N) is 5. The predicted molar refractivity (Wildman–Crippen MR) is 119 cm³/mol. The Morgan fingerprint density at radius 3 is 2.29 bits per heavy atom. The minimum atomic E-state index is -0.714. The van der Waals surface area contributed by atoms with Gasteiger partial charge in [-0.1, -0.05) is 24.3 Å². The first-order chi connectivity index (χ1) is 14.7. The Labute approximate surface area is 182 Å². The van der Waals surface area contributed by atoms with E-state index in [-0.39, 0.29) is 12.1 Å². The van der Waals surface area contributed by atoms with Gasteiger partial charge in [-0.2, -0.15) is 9.94 Å². The lowest BCUT2D eigenvalue weighted by Gasteiger charge is -2.29. The van der Waals surface area contributed by atoms with Crippen LogP contribution in [0.5, 0.6) is 0 Å². The zero-order valence-corrected chi connectivity index (χ0v) is 18.8. The summed E-state index contributed by atoms with van der Waals surface area (Å²) in [6, 6.07) is 10.3. The molecule has 0 radical (unpaired) electrons. The first-order valence-electron chi connectivity index (χ1n) is 10.5. The summed E-state index contributed by atoms with van der Waals surface area (Å²) in [6.07, 6.45) is 0.956. The molecule has 1 aromatic heterocycles. The van der Waals surface area contributed by atoms with Crippen LogP contribution in [0.2, 0.25) is 0 Å². The average Bonchev–Trinajstić information content (AvgIpc) is 2.92. The largest absolute Gasteiger partial charge is 0.442 e. The minimum Gasteiger partial charge on any atom is -0.442 e. The van der Waals surface area contributed by atoms with Gasteiger partial charge in [-0.05, 0) is 58.6 Å². The van der Waals surface area contributed by atoms with Gasteiger partial charge < -0.3 is 9.64 Å². The van der Waals surface area contributed by atoms with Crippen LogP contribution >= 0.6 is 0 Å². The van der Waals surface area contributed by atoms with Crippen LogP contribution in [-0.2, 0) is 17.6 Å². The number of carbonyl (C=O) groups is 1. The Kier molecular flexibility index (Phi) is 6.34. The number of nitriles is 1. The number of hydrogen-bond donors (Lipinski definition) is 0. The van der Waals surface area contributed by atoms with Crippen molar-refractivity contribution in [2.24, 2.45) is 0 Å². The van der Waals surface area contributed by atoms with Crippen molar-refractivity contribution in [3.05, 3.63) is 57.1 Å². The molecule has 0 saturated carbocycles.